The third kappa shape index (κ3) is 2.31. The standard InChI is InChI=1S/C10H14N2O2/c1-12-9(10(13)14)8(11)7-5-3-2-4-6-7/h2-6,8-9,12H,11H2,1H3,(H,13,14). The molecule has 0 aliphatic rings. The van der Waals surface area contributed by atoms with E-state index in [-0.39, 0.29) is 0 Å². The summed E-state index contributed by atoms with van der Waals surface area (Å²) >= 11 is 0. The lowest BCUT2D eigenvalue weighted by atomic mass is 10.0. The average molecular weight is 194 g/mol. The highest BCUT2D eigenvalue weighted by atomic mass is 16.4. The molecule has 0 aliphatic carbocycles. The molecule has 0 amide bonds. The molecule has 1 rings (SSSR count). The summed E-state index contributed by atoms with van der Waals surface area (Å²) in [5.41, 5.74) is 6.62. The summed E-state index contributed by atoms with van der Waals surface area (Å²) in [6.07, 6.45) is 0. The van der Waals surface area contributed by atoms with Crippen molar-refractivity contribution in [2.24, 2.45) is 5.73 Å². The maximum atomic E-state index is 10.8. The lowest BCUT2D eigenvalue weighted by molar-refractivity contribution is -0.139. The molecule has 0 saturated heterocycles. The summed E-state index contributed by atoms with van der Waals surface area (Å²) in [7, 11) is 1.58. The number of carboxylic acid groups (broad SMARTS) is 1. The van der Waals surface area contributed by atoms with Crippen LogP contribution in [0.4, 0.5) is 0 Å². The maximum absolute atomic E-state index is 10.8. The summed E-state index contributed by atoms with van der Waals surface area (Å²) in [5, 5.41) is 11.5. The molecule has 4 nitrogen and oxygen atoms in total. The van der Waals surface area contributed by atoms with Crippen LogP contribution >= 0.6 is 0 Å². The van der Waals surface area contributed by atoms with Gasteiger partial charge in [-0.15, -0.1) is 0 Å². The number of hydrogen-bond donors (Lipinski definition) is 3. The number of carboxylic acids is 1. The molecule has 0 aromatic heterocycles. The van der Waals surface area contributed by atoms with Crippen molar-refractivity contribution in [2.45, 2.75) is 12.1 Å². The molecule has 1 aromatic carbocycles. The monoisotopic (exact) mass is 194 g/mol. The van der Waals surface area contributed by atoms with E-state index in [9.17, 15) is 4.79 Å². The molecule has 4 heteroatoms. The Morgan fingerprint density at radius 2 is 2.00 bits per heavy atom. The maximum Gasteiger partial charge on any atom is 0.322 e. The first-order valence-corrected chi connectivity index (χ1v) is 4.37. The summed E-state index contributed by atoms with van der Waals surface area (Å²) < 4.78 is 0. The molecule has 14 heavy (non-hydrogen) atoms. The largest absolute Gasteiger partial charge is 0.480 e. The van der Waals surface area contributed by atoms with E-state index in [1.54, 1.807) is 7.05 Å². The van der Waals surface area contributed by atoms with Crippen LogP contribution in [-0.4, -0.2) is 24.2 Å². The fraction of sp³-hybridized carbons (Fsp3) is 0.300. The van der Waals surface area contributed by atoms with Crippen LogP contribution in [0.25, 0.3) is 0 Å². The van der Waals surface area contributed by atoms with Crippen LogP contribution in [0.5, 0.6) is 0 Å². The predicted molar refractivity (Wildman–Crippen MR) is 53.9 cm³/mol. The summed E-state index contributed by atoms with van der Waals surface area (Å²) in [5.74, 6) is -0.941. The van der Waals surface area contributed by atoms with E-state index in [0.717, 1.165) is 5.56 Å². The highest BCUT2D eigenvalue weighted by molar-refractivity contribution is 5.74. The zero-order chi connectivity index (χ0) is 10.6. The summed E-state index contributed by atoms with van der Waals surface area (Å²) in [6.45, 7) is 0. The van der Waals surface area contributed by atoms with Crippen LogP contribution in [0.15, 0.2) is 30.3 Å². The molecule has 2 atom stereocenters. The van der Waals surface area contributed by atoms with E-state index in [2.05, 4.69) is 5.32 Å². The van der Waals surface area contributed by atoms with Gasteiger partial charge in [0.05, 0.1) is 6.04 Å². The van der Waals surface area contributed by atoms with Crippen LogP contribution < -0.4 is 11.1 Å². The minimum atomic E-state index is -0.941. The van der Waals surface area contributed by atoms with E-state index >= 15 is 0 Å². The molecular weight excluding hydrogens is 180 g/mol. The second kappa shape index (κ2) is 4.74. The first-order valence-electron chi connectivity index (χ1n) is 4.37. The third-order valence-electron chi connectivity index (χ3n) is 2.12. The number of benzene rings is 1. The molecule has 0 bridgehead atoms. The Morgan fingerprint density at radius 3 is 2.43 bits per heavy atom. The smallest absolute Gasteiger partial charge is 0.322 e. The Morgan fingerprint density at radius 1 is 1.43 bits per heavy atom. The molecule has 2 unspecified atom stereocenters. The Hall–Kier alpha value is -1.39. The van der Waals surface area contributed by atoms with E-state index in [4.69, 9.17) is 10.8 Å². The van der Waals surface area contributed by atoms with Crippen molar-refractivity contribution >= 4 is 5.97 Å². The number of nitrogens with one attached hydrogen (secondary N) is 1. The van der Waals surface area contributed by atoms with Gasteiger partial charge in [-0.2, -0.15) is 0 Å². The molecule has 1 aromatic rings. The molecule has 0 saturated carbocycles. The van der Waals surface area contributed by atoms with Crippen LogP contribution in [0, 0.1) is 0 Å². The van der Waals surface area contributed by atoms with E-state index in [1.807, 2.05) is 30.3 Å². The molecule has 0 heterocycles. The Labute approximate surface area is 82.7 Å². The number of aliphatic carboxylic acids is 1. The molecule has 0 radical (unpaired) electrons. The van der Waals surface area contributed by atoms with Crippen LogP contribution in [-0.2, 0) is 4.79 Å². The van der Waals surface area contributed by atoms with Crippen molar-refractivity contribution in [1.29, 1.82) is 0 Å². The lowest BCUT2D eigenvalue weighted by Gasteiger charge is -2.19. The minimum absolute atomic E-state index is 0.529. The van der Waals surface area contributed by atoms with Crippen molar-refractivity contribution in [3.05, 3.63) is 35.9 Å². The van der Waals surface area contributed by atoms with E-state index < -0.39 is 18.1 Å². The Balaban J connectivity index is 2.83. The van der Waals surface area contributed by atoms with Gasteiger partial charge in [0, 0.05) is 0 Å². The van der Waals surface area contributed by atoms with Gasteiger partial charge in [0.25, 0.3) is 0 Å². The number of rotatable bonds is 4. The van der Waals surface area contributed by atoms with Gasteiger partial charge in [0.1, 0.15) is 6.04 Å². The van der Waals surface area contributed by atoms with Gasteiger partial charge in [-0.25, -0.2) is 0 Å². The average Bonchev–Trinajstić information content (AvgIpc) is 2.19. The molecule has 0 fully saturated rings. The molecular formula is C10H14N2O2. The zero-order valence-electron chi connectivity index (χ0n) is 7.97. The lowest BCUT2D eigenvalue weighted by Crippen LogP contribution is -2.43. The van der Waals surface area contributed by atoms with Crippen molar-refractivity contribution in [2.75, 3.05) is 7.05 Å². The third-order valence-corrected chi connectivity index (χ3v) is 2.12. The molecule has 4 N–H and O–H groups in total. The Kier molecular flexibility index (Phi) is 3.62. The topological polar surface area (TPSA) is 75.3 Å². The first kappa shape index (κ1) is 10.7. The van der Waals surface area contributed by atoms with Gasteiger partial charge >= 0.3 is 5.97 Å². The second-order valence-electron chi connectivity index (χ2n) is 3.04. The number of nitrogens with two attached hydrogens (primary N) is 1. The fourth-order valence-electron chi connectivity index (χ4n) is 1.32. The van der Waals surface area contributed by atoms with Crippen molar-refractivity contribution in [1.82, 2.24) is 5.32 Å². The second-order valence-corrected chi connectivity index (χ2v) is 3.04. The minimum Gasteiger partial charge on any atom is -0.480 e. The van der Waals surface area contributed by atoms with Gasteiger partial charge in [0.15, 0.2) is 0 Å². The summed E-state index contributed by atoms with van der Waals surface area (Å²) in [4.78, 5) is 10.8. The quantitative estimate of drug-likeness (QED) is 0.647. The normalized spacial score (nSPS) is 14.7. The number of carbonyl (C=O) groups is 1. The fourth-order valence-corrected chi connectivity index (χ4v) is 1.32. The van der Waals surface area contributed by atoms with Gasteiger partial charge < -0.3 is 16.2 Å². The highest BCUT2D eigenvalue weighted by Crippen LogP contribution is 2.13. The number of hydrogen-bond acceptors (Lipinski definition) is 3. The Bertz CT molecular complexity index is 300. The number of likely N-dealkylation sites (N-methyl/N-ethyl adjacent to an activating group) is 1. The van der Waals surface area contributed by atoms with Gasteiger partial charge in [0.2, 0.25) is 0 Å². The van der Waals surface area contributed by atoms with Gasteiger partial charge in [-0.3, -0.25) is 4.79 Å². The van der Waals surface area contributed by atoms with Crippen LogP contribution in [0.3, 0.4) is 0 Å². The van der Waals surface area contributed by atoms with Gasteiger partial charge in [-0.05, 0) is 12.6 Å². The summed E-state index contributed by atoms with van der Waals surface area (Å²) in [6, 6.07) is 7.89. The SMILES string of the molecule is CNC(C(=O)O)C(N)c1ccccc1. The zero-order valence-corrected chi connectivity index (χ0v) is 7.97. The van der Waals surface area contributed by atoms with Crippen molar-refractivity contribution in [3.63, 3.8) is 0 Å². The van der Waals surface area contributed by atoms with Crippen LogP contribution in [0.2, 0.25) is 0 Å². The predicted octanol–water partition coefficient (Wildman–Crippen LogP) is 0.359. The molecule has 0 spiro atoms. The molecule has 0 aliphatic heterocycles. The van der Waals surface area contributed by atoms with Crippen molar-refractivity contribution < 1.29 is 9.90 Å². The van der Waals surface area contributed by atoms with Gasteiger partial charge in [-0.1, -0.05) is 30.3 Å². The first-order chi connectivity index (χ1) is 6.66. The van der Waals surface area contributed by atoms with E-state index in [1.165, 1.54) is 0 Å². The van der Waals surface area contributed by atoms with Crippen LogP contribution in [0.1, 0.15) is 11.6 Å². The highest BCUT2D eigenvalue weighted by Gasteiger charge is 2.24. The van der Waals surface area contributed by atoms with E-state index in [0.29, 0.717) is 0 Å². The molecule has 76 valence electrons. The van der Waals surface area contributed by atoms with Crippen molar-refractivity contribution in [3.8, 4) is 0 Å².